The van der Waals surface area contributed by atoms with Gasteiger partial charge < -0.3 is 44.5 Å². The SMILES string of the molecule is C[C@]12C[C@@H](O)C3C[C@@]1(O[C@@H]1O[C@H](CO)[C@@H](O)[C@H](O)[C@H]1O)C3(COC(=O)c1ccccc1)C(=O)O2. The van der Waals surface area contributed by atoms with E-state index in [1.807, 2.05) is 0 Å². The molecule has 3 saturated carbocycles. The molecule has 11 heteroatoms. The summed E-state index contributed by atoms with van der Waals surface area (Å²) in [5.41, 5.74) is -4.08. The van der Waals surface area contributed by atoms with E-state index in [9.17, 15) is 35.1 Å². The number of hydrogen-bond donors (Lipinski definition) is 5. The Kier molecular flexibility index (Phi) is 5.52. The van der Waals surface area contributed by atoms with Crippen LogP contribution in [0.15, 0.2) is 30.3 Å². The molecule has 4 bridgehead atoms. The number of rotatable bonds is 6. The van der Waals surface area contributed by atoms with Gasteiger partial charge in [0.2, 0.25) is 0 Å². The van der Waals surface area contributed by atoms with Crippen LogP contribution in [0.1, 0.15) is 30.1 Å². The lowest BCUT2D eigenvalue weighted by molar-refractivity contribution is -0.394. The molecule has 11 nitrogen and oxygen atoms in total. The lowest BCUT2D eigenvalue weighted by Crippen LogP contribution is -2.80. The van der Waals surface area contributed by atoms with Gasteiger partial charge in [0.05, 0.1) is 18.3 Å². The summed E-state index contributed by atoms with van der Waals surface area (Å²) in [7, 11) is 0. The summed E-state index contributed by atoms with van der Waals surface area (Å²) >= 11 is 0. The predicted molar refractivity (Wildman–Crippen MR) is 110 cm³/mol. The van der Waals surface area contributed by atoms with Crippen LogP contribution in [0.25, 0.3) is 0 Å². The molecule has 6 rings (SSSR count). The van der Waals surface area contributed by atoms with Crippen molar-refractivity contribution in [2.45, 2.75) is 67.8 Å². The third-order valence-electron chi connectivity index (χ3n) is 8.07. The van der Waals surface area contributed by atoms with Crippen molar-refractivity contribution in [2.75, 3.05) is 13.2 Å². The number of aliphatic hydroxyl groups excluding tert-OH is 5. The third-order valence-corrected chi connectivity index (χ3v) is 8.07. The second kappa shape index (κ2) is 7.95. The van der Waals surface area contributed by atoms with Gasteiger partial charge in [-0.3, -0.25) is 4.79 Å². The van der Waals surface area contributed by atoms with Crippen molar-refractivity contribution in [3.8, 4) is 0 Å². The van der Waals surface area contributed by atoms with E-state index in [0.717, 1.165) is 0 Å². The molecule has 5 N–H and O–H groups in total. The number of esters is 2. The summed E-state index contributed by atoms with van der Waals surface area (Å²) in [5, 5.41) is 51.0. The zero-order chi connectivity index (χ0) is 24.5. The van der Waals surface area contributed by atoms with Crippen LogP contribution in [-0.2, 0) is 23.7 Å². The maximum Gasteiger partial charge on any atom is 0.338 e. The highest BCUT2D eigenvalue weighted by atomic mass is 16.7. The van der Waals surface area contributed by atoms with Crippen LogP contribution in [-0.4, -0.2) is 98.7 Å². The molecule has 3 aliphatic carbocycles. The molecule has 0 aromatic heterocycles. The number of carbonyl (C=O) groups is 2. The van der Waals surface area contributed by atoms with E-state index < -0.39 is 84.5 Å². The fourth-order valence-electron chi connectivity index (χ4n) is 6.19. The quantitative estimate of drug-likeness (QED) is 0.300. The Morgan fingerprint density at radius 1 is 1.09 bits per heavy atom. The fraction of sp³-hybridized carbons (Fsp3) is 0.652. The first-order valence-electron chi connectivity index (χ1n) is 11.2. The molecule has 1 aromatic rings. The van der Waals surface area contributed by atoms with Gasteiger partial charge in [0.25, 0.3) is 0 Å². The summed E-state index contributed by atoms with van der Waals surface area (Å²) in [5.74, 6) is -2.00. The van der Waals surface area contributed by atoms with E-state index in [1.165, 1.54) is 0 Å². The minimum Gasteiger partial charge on any atom is -0.461 e. The largest absolute Gasteiger partial charge is 0.461 e. The minimum absolute atomic E-state index is 0.0508. The Labute approximate surface area is 194 Å². The van der Waals surface area contributed by atoms with Crippen molar-refractivity contribution in [2.24, 2.45) is 11.3 Å². The lowest BCUT2D eigenvalue weighted by Gasteiger charge is -2.66. The molecule has 2 saturated heterocycles. The van der Waals surface area contributed by atoms with E-state index in [-0.39, 0.29) is 18.4 Å². The predicted octanol–water partition coefficient (Wildman–Crippen LogP) is -1.51. The van der Waals surface area contributed by atoms with Gasteiger partial charge in [-0.25, -0.2) is 4.79 Å². The molecule has 2 heterocycles. The van der Waals surface area contributed by atoms with Gasteiger partial charge in [0, 0.05) is 12.3 Å². The first-order valence-corrected chi connectivity index (χ1v) is 11.2. The average molecular weight is 480 g/mol. The van der Waals surface area contributed by atoms with E-state index in [4.69, 9.17) is 18.9 Å². The zero-order valence-corrected chi connectivity index (χ0v) is 18.4. The van der Waals surface area contributed by atoms with Crippen LogP contribution in [0.5, 0.6) is 0 Å². The summed E-state index contributed by atoms with van der Waals surface area (Å²) < 4.78 is 22.9. The Morgan fingerprint density at radius 3 is 2.47 bits per heavy atom. The molecule has 10 atom stereocenters. The monoisotopic (exact) mass is 480 g/mol. The van der Waals surface area contributed by atoms with Gasteiger partial charge in [-0.05, 0) is 25.5 Å². The summed E-state index contributed by atoms with van der Waals surface area (Å²) in [4.78, 5) is 25.9. The van der Waals surface area contributed by atoms with E-state index in [1.54, 1.807) is 37.3 Å². The number of carbonyl (C=O) groups excluding carboxylic acids is 2. The van der Waals surface area contributed by atoms with Crippen molar-refractivity contribution < 1.29 is 54.1 Å². The van der Waals surface area contributed by atoms with Crippen molar-refractivity contribution in [1.29, 1.82) is 0 Å². The Morgan fingerprint density at radius 2 is 1.79 bits per heavy atom. The van der Waals surface area contributed by atoms with Gasteiger partial charge >= 0.3 is 11.9 Å². The molecule has 0 radical (unpaired) electrons. The molecule has 186 valence electrons. The average Bonchev–Trinajstić information content (AvgIpc) is 2.88. The minimum atomic E-state index is -1.69. The van der Waals surface area contributed by atoms with Crippen LogP contribution < -0.4 is 0 Å². The van der Waals surface area contributed by atoms with Crippen molar-refractivity contribution in [3.63, 3.8) is 0 Å². The lowest BCUT2D eigenvalue weighted by atomic mass is 9.40. The molecular formula is C23H28O11. The number of aliphatic hydroxyl groups is 5. The van der Waals surface area contributed by atoms with Crippen molar-refractivity contribution in [1.82, 2.24) is 0 Å². The topological polar surface area (TPSA) is 172 Å². The summed E-state index contributed by atoms with van der Waals surface area (Å²) in [6, 6.07) is 8.20. The second-order valence-electron chi connectivity index (χ2n) is 9.76. The van der Waals surface area contributed by atoms with E-state index in [2.05, 4.69) is 0 Å². The third kappa shape index (κ3) is 2.95. The molecule has 1 aromatic carbocycles. The summed E-state index contributed by atoms with van der Waals surface area (Å²) in [6.07, 6.45) is -8.41. The number of benzene rings is 1. The first kappa shape index (κ1) is 23.6. The van der Waals surface area contributed by atoms with Gasteiger partial charge in [0.1, 0.15) is 47.6 Å². The highest BCUT2D eigenvalue weighted by molar-refractivity contribution is 5.90. The van der Waals surface area contributed by atoms with E-state index >= 15 is 0 Å². The van der Waals surface area contributed by atoms with Crippen LogP contribution >= 0.6 is 0 Å². The first-order chi connectivity index (χ1) is 16.1. The van der Waals surface area contributed by atoms with Crippen LogP contribution in [0.2, 0.25) is 0 Å². The van der Waals surface area contributed by atoms with Crippen LogP contribution in [0.4, 0.5) is 0 Å². The molecule has 34 heavy (non-hydrogen) atoms. The molecular weight excluding hydrogens is 452 g/mol. The molecule has 5 fully saturated rings. The Hall–Kier alpha value is -2.12. The van der Waals surface area contributed by atoms with Gasteiger partial charge in [-0.2, -0.15) is 0 Å². The Balaban J connectivity index is 1.46. The summed E-state index contributed by atoms with van der Waals surface area (Å²) in [6.45, 7) is 0.508. The maximum absolute atomic E-state index is 13.2. The van der Waals surface area contributed by atoms with Gasteiger partial charge in [-0.15, -0.1) is 0 Å². The van der Waals surface area contributed by atoms with Crippen LogP contribution in [0, 0.1) is 11.3 Å². The van der Waals surface area contributed by atoms with Crippen molar-refractivity contribution >= 4 is 11.9 Å². The number of fused-ring (bicyclic) bond motifs is 1. The van der Waals surface area contributed by atoms with Gasteiger partial charge in [0.15, 0.2) is 6.29 Å². The zero-order valence-electron chi connectivity index (χ0n) is 18.4. The van der Waals surface area contributed by atoms with Gasteiger partial charge in [-0.1, -0.05) is 18.2 Å². The van der Waals surface area contributed by atoms with Crippen molar-refractivity contribution in [3.05, 3.63) is 35.9 Å². The highest BCUT2D eigenvalue weighted by Gasteiger charge is 2.88. The molecule has 2 aliphatic heterocycles. The Bertz CT molecular complexity index is 969. The maximum atomic E-state index is 13.2. The molecule has 0 spiro atoms. The number of hydrogen-bond acceptors (Lipinski definition) is 11. The molecule has 2 unspecified atom stereocenters. The smallest absolute Gasteiger partial charge is 0.338 e. The second-order valence-corrected chi connectivity index (χ2v) is 9.76. The van der Waals surface area contributed by atoms with E-state index in [0.29, 0.717) is 0 Å². The van der Waals surface area contributed by atoms with Crippen LogP contribution in [0.3, 0.4) is 0 Å². The fourth-order valence-corrected chi connectivity index (χ4v) is 6.19. The number of ether oxygens (including phenoxy) is 4. The normalized spacial score (nSPS) is 47.0. The standard InChI is InChI=1S/C23H28O11/c1-21-8-13(25)12-7-23(21,33-19-17(28)16(27)15(26)14(9-24)32-19)22(12,20(30)34-21)10-31-18(29)11-5-3-2-4-6-11/h2-6,12-17,19,24-28H,7-10H2,1H3/t12?,13-,14-,15-,16+,17-,19+,21+,22?,23+/m1/s1. The highest BCUT2D eigenvalue weighted by Crippen LogP contribution is 2.73. The molecule has 0 amide bonds. The molecule has 5 aliphatic rings.